The minimum Gasteiger partial charge on any atom is -0.338 e. The van der Waals surface area contributed by atoms with Gasteiger partial charge in [-0.3, -0.25) is 5.10 Å². The average molecular weight is 243 g/mol. The molecule has 0 spiro atoms. The summed E-state index contributed by atoms with van der Waals surface area (Å²) in [5, 5.41) is 9.43. The third kappa shape index (κ3) is 2.25. The summed E-state index contributed by atoms with van der Waals surface area (Å²) in [5.41, 5.74) is 0. The maximum absolute atomic E-state index is 11.6. The molecule has 2 aromatic rings. The fourth-order valence-electron chi connectivity index (χ4n) is 1.04. The van der Waals surface area contributed by atoms with Crippen molar-refractivity contribution < 1.29 is 12.9 Å². The maximum Gasteiger partial charge on any atom is 0.257 e. The predicted octanol–water partition coefficient (Wildman–Crippen LogP) is -0.420. The number of hydrogen-bond donors (Lipinski definition) is 2. The Balaban J connectivity index is 2.06. The lowest BCUT2D eigenvalue weighted by Gasteiger charge is -2.00. The van der Waals surface area contributed by atoms with Gasteiger partial charge in [0.2, 0.25) is 5.89 Å². The van der Waals surface area contributed by atoms with Crippen LogP contribution in [0, 0.1) is 6.92 Å². The molecule has 0 aromatic carbocycles. The van der Waals surface area contributed by atoms with E-state index in [4.69, 9.17) is 4.52 Å². The largest absolute Gasteiger partial charge is 0.338 e. The van der Waals surface area contributed by atoms with E-state index < -0.39 is 10.0 Å². The second kappa shape index (κ2) is 4.02. The molecule has 0 saturated heterocycles. The molecule has 2 heterocycles. The van der Waals surface area contributed by atoms with E-state index in [0.29, 0.717) is 5.82 Å². The van der Waals surface area contributed by atoms with Crippen molar-refractivity contribution in [3.8, 4) is 0 Å². The van der Waals surface area contributed by atoms with Crippen LogP contribution in [-0.4, -0.2) is 28.8 Å². The Bertz CT molecular complexity index is 559. The summed E-state index contributed by atoms with van der Waals surface area (Å²) >= 11 is 0. The molecular formula is C7H9N5O3S. The average Bonchev–Trinajstić information content (AvgIpc) is 2.85. The number of nitrogens with zero attached hydrogens (tertiary/aromatic N) is 3. The van der Waals surface area contributed by atoms with Crippen molar-refractivity contribution in [1.82, 2.24) is 25.1 Å². The third-order valence-corrected chi connectivity index (χ3v) is 3.08. The van der Waals surface area contributed by atoms with E-state index >= 15 is 0 Å². The highest BCUT2D eigenvalue weighted by molar-refractivity contribution is 7.89. The van der Waals surface area contributed by atoms with Gasteiger partial charge in [0, 0.05) is 0 Å². The van der Waals surface area contributed by atoms with E-state index in [2.05, 4.69) is 25.1 Å². The number of H-pyrrole nitrogens is 1. The van der Waals surface area contributed by atoms with Crippen molar-refractivity contribution in [1.29, 1.82) is 0 Å². The minimum absolute atomic E-state index is 0.0104. The first-order chi connectivity index (χ1) is 7.58. The minimum atomic E-state index is -3.60. The highest BCUT2D eigenvalue weighted by Gasteiger charge is 2.16. The molecular weight excluding hydrogens is 234 g/mol. The first kappa shape index (κ1) is 10.8. The fraction of sp³-hybridized carbons (Fsp3) is 0.286. The Morgan fingerprint density at radius 2 is 2.38 bits per heavy atom. The van der Waals surface area contributed by atoms with Gasteiger partial charge in [0.1, 0.15) is 0 Å². The van der Waals surface area contributed by atoms with E-state index in [0.717, 1.165) is 0 Å². The Morgan fingerprint density at radius 3 is 2.94 bits per heavy atom. The van der Waals surface area contributed by atoms with Crippen molar-refractivity contribution in [3.63, 3.8) is 0 Å². The number of aromatic amines is 1. The molecule has 0 amide bonds. The van der Waals surface area contributed by atoms with Gasteiger partial charge < -0.3 is 4.52 Å². The van der Waals surface area contributed by atoms with Crippen molar-refractivity contribution in [2.45, 2.75) is 18.5 Å². The SMILES string of the molecule is Cc1noc(CNS(=O)(=O)c2ccn[nH]2)n1. The van der Waals surface area contributed by atoms with E-state index in [1.54, 1.807) is 6.92 Å². The normalized spacial score (nSPS) is 11.8. The summed E-state index contributed by atoms with van der Waals surface area (Å²) in [5.74, 6) is 0.663. The Morgan fingerprint density at radius 1 is 1.56 bits per heavy atom. The summed E-state index contributed by atoms with van der Waals surface area (Å²) < 4.78 is 30.3. The van der Waals surface area contributed by atoms with Gasteiger partial charge in [0.15, 0.2) is 10.9 Å². The molecule has 0 radical (unpaired) electrons. The van der Waals surface area contributed by atoms with Gasteiger partial charge in [-0.05, 0) is 13.0 Å². The fourth-order valence-corrected chi connectivity index (χ4v) is 1.92. The molecule has 9 heteroatoms. The molecule has 0 unspecified atom stereocenters. The van der Waals surface area contributed by atoms with Crippen LogP contribution in [0.1, 0.15) is 11.7 Å². The zero-order chi connectivity index (χ0) is 11.6. The molecule has 8 nitrogen and oxygen atoms in total. The van der Waals surface area contributed by atoms with Crippen LogP contribution in [0.15, 0.2) is 21.8 Å². The van der Waals surface area contributed by atoms with Crippen LogP contribution in [0.25, 0.3) is 0 Å². The molecule has 2 aromatic heterocycles. The number of nitrogens with one attached hydrogen (secondary N) is 2. The predicted molar refractivity (Wildman–Crippen MR) is 51.6 cm³/mol. The van der Waals surface area contributed by atoms with E-state index in [9.17, 15) is 8.42 Å². The molecule has 16 heavy (non-hydrogen) atoms. The highest BCUT2D eigenvalue weighted by atomic mass is 32.2. The van der Waals surface area contributed by atoms with Gasteiger partial charge >= 0.3 is 0 Å². The summed E-state index contributed by atoms with van der Waals surface area (Å²) in [4.78, 5) is 3.86. The number of hydrogen-bond acceptors (Lipinski definition) is 6. The van der Waals surface area contributed by atoms with Crippen molar-refractivity contribution >= 4 is 10.0 Å². The van der Waals surface area contributed by atoms with Gasteiger partial charge in [-0.1, -0.05) is 5.16 Å². The van der Waals surface area contributed by atoms with E-state index in [-0.39, 0.29) is 17.5 Å². The van der Waals surface area contributed by atoms with Gasteiger partial charge in [0.25, 0.3) is 10.0 Å². The lowest BCUT2D eigenvalue weighted by molar-refractivity contribution is 0.372. The molecule has 0 bridgehead atoms. The summed E-state index contributed by atoms with van der Waals surface area (Å²) in [6.45, 7) is 1.60. The zero-order valence-corrected chi connectivity index (χ0v) is 9.15. The summed E-state index contributed by atoms with van der Waals surface area (Å²) in [7, 11) is -3.60. The first-order valence-electron chi connectivity index (χ1n) is 4.36. The van der Waals surface area contributed by atoms with Crippen LogP contribution in [0.3, 0.4) is 0 Å². The van der Waals surface area contributed by atoms with Crippen molar-refractivity contribution in [2.24, 2.45) is 0 Å². The van der Waals surface area contributed by atoms with Crippen LogP contribution in [0.4, 0.5) is 0 Å². The van der Waals surface area contributed by atoms with Crippen LogP contribution in [0.5, 0.6) is 0 Å². The van der Waals surface area contributed by atoms with Gasteiger partial charge in [-0.25, -0.2) is 13.1 Å². The maximum atomic E-state index is 11.6. The Hall–Kier alpha value is -1.74. The molecule has 2 rings (SSSR count). The Kier molecular flexibility index (Phi) is 2.71. The van der Waals surface area contributed by atoms with Crippen molar-refractivity contribution in [3.05, 3.63) is 24.0 Å². The first-order valence-corrected chi connectivity index (χ1v) is 5.84. The molecule has 2 N–H and O–H groups in total. The van der Waals surface area contributed by atoms with Gasteiger partial charge in [-0.2, -0.15) is 10.1 Å². The monoisotopic (exact) mass is 243 g/mol. The molecule has 0 aliphatic heterocycles. The molecule has 0 saturated carbocycles. The second-order valence-corrected chi connectivity index (χ2v) is 4.72. The summed E-state index contributed by atoms with van der Waals surface area (Å²) in [6, 6.07) is 1.35. The van der Waals surface area contributed by atoms with Gasteiger partial charge in [-0.15, -0.1) is 0 Å². The molecule has 0 aliphatic rings. The number of aromatic nitrogens is 4. The highest BCUT2D eigenvalue weighted by Crippen LogP contribution is 2.03. The summed E-state index contributed by atoms with van der Waals surface area (Å²) in [6.07, 6.45) is 1.35. The van der Waals surface area contributed by atoms with Crippen LogP contribution in [0.2, 0.25) is 0 Å². The van der Waals surface area contributed by atoms with Crippen LogP contribution >= 0.6 is 0 Å². The van der Waals surface area contributed by atoms with Crippen LogP contribution < -0.4 is 4.72 Å². The Labute approximate surface area is 91.1 Å². The lowest BCUT2D eigenvalue weighted by Crippen LogP contribution is -2.23. The van der Waals surface area contributed by atoms with E-state index in [1.807, 2.05) is 0 Å². The zero-order valence-electron chi connectivity index (χ0n) is 8.34. The number of aryl methyl sites for hydroxylation is 1. The number of sulfonamides is 1. The standard InChI is InChI=1S/C7H9N5O3S/c1-5-10-6(15-12-5)4-9-16(13,14)7-2-3-8-11-7/h2-3,9H,4H2,1H3,(H,8,11). The molecule has 86 valence electrons. The van der Waals surface area contributed by atoms with Crippen LogP contribution in [-0.2, 0) is 16.6 Å². The molecule has 0 fully saturated rings. The smallest absolute Gasteiger partial charge is 0.257 e. The van der Waals surface area contributed by atoms with Crippen molar-refractivity contribution in [2.75, 3.05) is 0 Å². The van der Waals surface area contributed by atoms with E-state index in [1.165, 1.54) is 12.3 Å². The second-order valence-electron chi connectivity index (χ2n) is 2.98. The lowest BCUT2D eigenvalue weighted by atomic mass is 10.6. The third-order valence-electron chi connectivity index (χ3n) is 1.75. The molecule has 0 atom stereocenters. The number of rotatable bonds is 4. The van der Waals surface area contributed by atoms with Gasteiger partial charge in [0.05, 0.1) is 12.7 Å². The quantitative estimate of drug-likeness (QED) is 0.753. The molecule has 0 aliphatic carbocycles. The topological polar surface area (TPSA) is 114 Å².